The van der Waals surface area contributed by atoms with Gasteiger partial charge in [-0.2, -0.15) is 0 Å². The van der Waals surface area contributed by atoms with Crippen molar-refractivity contribution >= 4 is 27.3 Å². The van der Waals surface area contributed by atoms with Crippen molar-refractivity contribution in [2.24, 2.45) is 0 Å². The first-order valence-corrected chi connectivity index (χ1v) is 11.2. The molecule has 162 valence electrons. The molecule has 0 aliphatic rings. The fourth-order valence-electron chi connectivity index (χ4n) is 3.04. The number of nitrogens with zero attached hydrogens (tertiary/aromatic N) is 2. The van der Waals surface area contributed by atoms with Gasteiger partial charge in [0.05, 0.1) is 24.0 Å². The van der Waals surface area contributed by atoms with Gasteiger partial charge in [0.15, 0.2) is 0 Å². The third-order valence-corrected chi connectivity index (χ3v) is 5.68. The highest BCUT2D eigenvalue weighted by Crippen LogP contribution is 2.26. The molecule has 2 rings (SSSR count). The smallest absolute Gasteiger partial charge is 0.271 e. The third-order valence-electron chi connectivity index (χ3n) is 4.50. The maximum absolute atomic E-state index is 12.8. The molecule has 0 fully saturated rings. The zero-order valence-electron chi connectivity index (χ0n) is 17.1. The van der Waals surface area contributed by atoms with Crippen LogP contribution in [0, 0.1) is 10.1 Å². The average Bonchev–Trinajstić information content (AvgIpc) is 2.71. The Morgan fingerprint density at radius 1 is 1.23 bits per heavy atom. The second kappa shape index (κ2) is 10.1. The number of hydrogen-bond donors (Lipinski definition) is 1. The molecule has 0 aromatic heterocycles. The number of nitro benzene ring substituents is 1. The normalized spacial score (nSPS) is 12.1. The van der Waals surface area contributed by atoms with Gasteiger partial charge in [-0.15, -0.1) is 0 Å². The number of hydrogen-bond acceptors (Lipinski definition) is 6. The first kappa shape index (κ1) is 23.1. The van der Waals surface area contributed by atoms with E-state index in [1.807, 2.05) is 24.3 Å². The number of non-ortho nitro benzene ring substituents is 1. The second-order valence-corrected chi connectivity index (χ2v) is 8.51. The van der Waals surface area contributed by atoms with E-state index >= 15 is 0 Å². The summed E-state index contributed by atoms with van der Waals surface area (Å²) < 4.78 is 30.9. The van der Waals surface area contributed by atoms with Crippen LogP contribution >= 0.6 is 0 Å². The Kier molecular flexibility index (Phi) is 7.76. The molecule has 30 heavy (non-hydrogen) atoms. The summed E-state index contributed by atoms with van der Waals surface area (Å²) in [7, 11) is -2.29. The van der Waals surface area contributed by atoms with Crippen LogP contribution < -0.4 is 14.4 Å². The zero-order chi connectivity index (χ0) is 22.3. The summed E-state index contributed by atoms with van der Waals surface area (Å²) in [5, 5.41) is 13.8. The molecule has 1 atom stereocenters. The molecule has 0 saturated carbocycles. The van der Waals surface area contributed by atoms with Crippen molar-refractivity contribution in [3.05, 3.63) is 64.2 Å². The highest BCUT2D eigenvalue weighted by atomic mass is 32.2. The van der Waals surface area contributed by atoms with Gasteiger partial charge in [-0.1, -0.05) is 25.1 Å². The van der Waals surface area contributed by atoms with Crippen molar-refractivity contribution < 1.29 is 22.9 Å². The number of carbonyl (C=O) groups excluding carboxylic acids is 1. The Morgan fingerprint density at radius 3 is 2.43 bits per heavy atom. The highest BCUT2D eigenvalue weighted by molar-refractivity contribution is 7.92. The molecule has 0 spiro atoms. The summed E-state index contributed by atoms with van der Waals surface area (Å²) >= 11 is 0. The molecule has 0 aliphatic heterocycles. The number of ether oxygens (including phenoxy) is 1. The fourth-order valence-corrected chi connectivity index (χ4v) is 4.25. The lowest BCUT2D eigenvalue weighted by molar-refractivity contribution is -0.384. The third kappa shape index (κ3) is 5.93. The van der Waals surface area contributed by atoms with Gasteiger partial charge < -0.3 is 10.1 Å². The van der Waals surface area contributed by atoms with Gasteiger partial charge in [0, 0.05) is 18.7 Å². The van der Waals surface area contributed by atoms with E-state index in [9.17, 15) is 23.3 Å². The molecule has 2 aromatic carbocycles. The number of nitrogens with one attached hydrogen (secondary N) is 1. The van der Waals surface area contributed by atoms with Crippen LogP contribution in [0.15, 0.2) is 48.5 Å². The molecule has 9 nitrogen and oxygen atoms in total. The highest BCUT2D eigenvalue weighted by Gasteiger charge is 2.32. The van der Waals surface area contributed by atoms with Gasteiger partial charge in [-0.3, -0.25) is 19.2 Å². The van der Waals surface area contributed by atoms with Crippen molar-refractivity contribution in [1.82, 2.24) is 5.32 Å². The Balaban J connectivity index is 2.16. The van der Waals surface area contributed by atoms with Gasteiger partial charge in [0.25, 0.3) is 5.69 Å². The quantitative estimate of drug-likeness (QED) is 0.452. The zero-order valence-corrected chi connectivity index (χ0v) is 17.9. The second-order valence-electron chi connectivity index (χ2n) is 6.65. The van der Waals surface area contributed by atoms with E-state index < -0.39 is 26.9 Å². The molecule has 1 N–H and O–H groups in total. The van der Waals surface area contributed by atoms with Crippen LogP contribution in [0.2, 0.25) is 0 Å². The fraction of sp³-hybridized carbons (Fsp3) is 0.350. The number of anilines is 1. The van der Waals surface area contributed by atoms with Crippen molar-refractivity contribution in [1.29, 1.82) is 0 Å². The summed E-state index contributed by atoms with van der Waals surface area (Å²) in [5.41, 5.74) is 0.808. The van der Waals surface area contributed by atoms with Crippen LogP contribution in [-0.4, -0.2) is 45.2 Å². The number of benzene rings is 2. The number of sulfonamides is 1. The number of carbonyl (C=O) groups is 1. The SMILES string of the molecule is CC[C@H](C(=O)NCCc1ccc(OC)cc1)N(c1cccc([N+](=O)[O-])c1)S(C)(=O)=O. The van der Waals surface area contributed by atoms with E-state index in [0.29, 0.717) is 13.0 Å². The van der Waals surface area contributed by atoms with Crippen LogP contribution in [0.5, 0.6) is 5.75 Å². The number of amides is 1. The van der Waals surface area contributed by atoms with Crippen molar-refractivity contribution in [2.75, 3.05) is 24.2 Å². The van der Waals surface area contributed by atoms with E-state index in [-0.39, 0.29) is 17.8 Å². The molecular formula is C20H25N3O6S. The van der Waals surface area contributed by atoms with Crippen molar-refractivity contribution in [3.8, 4) is 5.75 Å². The lowest BCUT2D eigenvalue weighted by Gasteiger charge is -2.30. The molecule has 0 radical (unpaired) electrons. The minimum absolute atomic E-state index is 0.0730. The lowest BCUT2D eigenvalue weighted by Crippen LogP contribution is -2.49. The maximum Gasteiger partial charge on any atom is 0.271 e. The van der Waals surface area contributed by atoms with E-state index in [1.165, 1.54) is 18.2 Å². The first-order chi connectivity index (χ1) is 14.2. The van der Waals surface area contributed by atoms with Gasteiger partial charge in [0.2, 0.25) is 15.9 Å². The minimum atomic E-state index is -3.87. The summed E-state index contributed by atoms with van der Waals surface area (Å²) in [6, 6.07) is 11.6. The predicted molar refractivity (Wildman–Crippen MR) is 114 cm³/mol. The number of rotatable bonds is 10. The van der Waals surface area contributed by atoms with E-state index in [1.54, 1.807) is 14.0 Å². The average molecular weight is 436 g/mol. The maximum atomic E-state index is 12.8. The predicted octanol–water partition coefficient (Wildman–Crippen LogP) is 2.51. The number of methoxy groups -OCH3 is 1. The standard InChI is InChI=1S/C20H25N3O6S/c1-4-19(20(24)21-13-12-15-8-10-18(29-2)11-9-15)22(30(3,27)28)16-6-5-7-17(14-16)23(25)26/h5-11,14,19H,4,12-13H2,1-3H3,(H,21,24)/t19-/m1/s1. The molecule has 10 heteroatoms. The van der Waals surface area contributed by atoms with Crippen LogP contribution in [0.4, 0.5) is 11.4 Å². The Hall–Kier alpha value is -3.14. The minimum Gasteiger partial charge on any atom is -0.497 e. The van der Waals surface area contributed by atoms with E-state index in [0.717, 1.165) is 27.9 Å². The Morgan fingerprint density at radius 2 is 1.90 bits per heavy atom. The van der Waals surface area contributed by atoms with E-state index in [4.69, 9.17) is 4.74 Å². The molecule has 0 bridgehead atoms. The van der Waals surface area contributed by atoms with Crippen molar-refractivity contribution in [3.63, 3.8) is 0 Å². The van der Waals surface area contributed by atoms with Crippen LogP contribution in [0.3, 0.4) is 0 Å². The molecule has 2 aromatic rings. The topological polar surface area (TPSA) is 119 Å². The molecular weight excluding hydrogens is 410 g/mol. The Labute approximate surface area is 175 Å². The van der Waals surface area contributed by atoms with Crippen LogP contribution in [0.1, 0.15) is 18.9 Å². The van der Waals surface area contributed by atoms with Gasteiger partial charge in [0.1, 0.15) is 11.8 Å². The van der Waals surface area contributed by atoms with Crippen LogP contribution in [0.25, 0.3) is 0 Å². The van der Waals surface area contributed by atoms with Crippen LogP contribution in [-0.2, 0) is 21.2 Å². The molecule has 0 unspecified atom stereocenters. The summed E-state index contributed by atoms with van der Waals surface area (Å²) in [6.45, 7) is 2.00. The summed E-state index contributed by atoms with van der Waals surface area (Å²) in [5.74, 6) is 0.262. The summed E-state index contributed by atoms with van der Waals surface area (Å²) in [6.07, 6.45) is 1.73. The summed E-state index contributed by atoms with van der Waals surface area (Å²) in [4.78, 5) is 23.2. The molecule has 1 amide bonds. The number of nitro groups is 1. The molecule has 0 saturated heterocycles. The van der Waals surface area contributed by atoms with Gasteiger partial charge in [-0.25, -0.2) is 8.42 Å². The molecule has 0 heterocycles. The van der Waals surface area contributed by atoms with Gasteiger partial charge >= 0.3 is 0 Å². The van der Waals surface area contributed by atoms with Gasteiger partial charge in [-0.05, 0) is 36.6 Å². The van der Waals surface area contributed by atoms with E-state index in [2.05, 4.69) is 5.32 Å². The largest absolute Gasteiger partial charge is 0.497 e. The lowest BCUT2D eigenvalue weighted by atomic mass is 10.1. The Bertz CT molecular complexity index is 992. The first-order valence-electron chi connectivity index (χ1n) is 9.32. The van der Waals surface area contributed by atoms with Crippen molar-refractivity contribution in [2.45, 2.75) is 25.8 Å². The molecule has 0 aliphatic carbocycles. The monoisotopic (exact) mass is 435 g/mol.